The summed E-state index contributed by atoms with van der Waals surface area (Å²) in [5.41, 5.74) is 1.33. The van der Waals surface area contributed by atoms with Gasteiger partial charge in [0.15, 0.2) is 5.78 Å². The molecule has 1 N–H and O–H groups in total. The van der Waals surface area contributed by atoms with Crippen LogP contribution in [0.5, 0.6) is 0 Å². The minimum Gasteiger partial charge on any atom is -0.456 e. The van der Waals surface area contributed by atoms with Gasteiger partial charge in [0.05, 0.1) is 12.2 Å². The third-order valence-corrected chi connectivity index (χ3v) is 5.14. The molecule has 2 aromatic rings. The second-order valence-electron chi connectivity index (χ2n) is 8.86. The number of rotatable bonds is 10. The Morgan fingerprint density at radius 2 is 1.45 bits per heavy atom. The van der Waals surface area contributed by atoms with Gasteiger partial charge in [-0.25, -0.2) is 4.79 Å². The van der Waals surface area contributed by atoms with E-state index in [4.69, 9.17) is 9.47 Å². The van der Waals surface area contributed by atoms with Crippen LogP contribution in [-0.2, 0) is 9.47 Å². The molecule has 6 nitrogen and oxygen atoms in total. The number of ether oxygens (including phenoxy) is 2. The molecule has 0 saturated carbocycles. The molecule has 0 atom stereocenters. The van der Waals surface area contributed by atoms with Gasteiger partial charge >= 0.3 is 5.97 Å². The Bertz CT molecular complexity index is 885. The van der Waals surface area contributed by atoms with E-state index in [9.17, 15) is 9.59 Å². The summed E-state index contributed by atoms with van der Waals surface area (Å²) in [6, 6.07) is 14.6. The predicted octanol–water partition coefficient (Wildman–Crippen LogP) is 4.80. The third kappa shape index (κ3) is 6.82. The lowest BCUT2D eigenvalue weighted by atomic mass is 9.96. The molecule has 0 saturated heterocycles. The van der Waals surface area contributed by atoms with E-state index >= 15 is 0 Å². The molecule has 0 aliphatic heterocycles. The van der Waals surface area contributed by atoms with Gasteiger partial charge in [0.2, 0.25) is 0 Å². The summed E-state index contributed by atoms with van der Waals surface area (Å²) in [5, 5.41) is 3.03. The first-order chi connectivity index (χ1) is 14.4. The minimum atomic E-state index is -0.983. The van der Waals surface area contributed by atoms with E-state index in [0.717, 1.165) is 11.4 Å². The zero-order valence-corrected chi connectivity index (χ0v) is 19.6. The Morgan fingerprint density at radius 1 is 0.903 bits per heavy atom. The van der Waals surface area contributed by atoms with E-state index < -0.39 is 11.2 Å². The lowest BCUT2D eigenvalue weighted by Gasteiger charge is -2.29. The molecule has 2 aromatic carbocycles. The lowest BCUT2D eigenvalue weighted by molar-refractivity contribution is -0.0438. The van der Waals surface area contributed by atoms with Crippen LogP contribution in [0.1, 0.15) is 54.8 Å². The number of hydrogen-bond donors (Lipinski definition) is 1. The molecule has 0 aromatic heterocycles. The number of hydrogen-bond acceptors (Lipinski definition) is 6. The average molecular weight is 427 g/mol. The smallest absolute Gasteiger partial charge is 0.338 e. The van der Waals surface area contributed by atoms with Crippen LogP contribution in [0.2, 0.25) is 0 Å². The largest absolute Gasteiger partial charge is 0.456 e. The van der Waals surface area contributed by atoms with Crippen molar-refractivity contribution in [2.75, 3.05) is 38.0 Å². The van der Waals surface area contributed by atoms with Crippen LogP contribution in [0, 0.1) is 0 Å². The van der Waals surface area contributed by atoms with Gasteiger partial charge in [0.1, 0.15) is 11.2 Å². The molecular formula is C25H34N2O4. The highest BCUT2D eigenvalue weighted by molar-refractivity contribution is 6.02. The Balaban J connectivity index is 1.91. The normalized spacial score (nSPS) is 11.7. The van der Waals surface area contributed by atoms with E-state index in [1.165, 1.54) is 0 Å². The van der Waals surface area contributed by atoms with Crippen molar-refractivity contribution in [3.05, 3.63) is 59.7 Å². The standard InChI is InChI=1S/C25H34N2O4/c1-24(2,31-23(29)19-10-14-21(15-11-19)27(6)7)16-17-30-25(3,4)22(28)18-8-12-20(26-5)13-9-18/h8-15,26H,16-17H2,1-7H3. The van der Waals surface area contributed by atoms with Gasteiger partial charge in [-0.1, -0.05) is 0 Å². The molecular weight excluding hydrogens is 392 g/mol. The molecule has 0 radical (unpaired) electrons. The number of nitrogens with one attached hydrogen (secondary N) is 1. The number of anilines is 2. The monoisotopic (exact) mass is 426 g/mol. The van der Waals surface area contributed by atoms with Crippen molar-refractivity contribution in [1.82, 2.24) is 0 Å². The van der Waals surface area contributed by atoms with Crippen molar-refractivity contribution < 1.29 is 19.1 Å². The second-order valence-corrected chi connectivity index (χ2v) is 8.86. The van der Waals surface area contributed by atoms with Gasteiger partial charge in [-0.2, -0.15) is 0 Å². The molecule has 0 aliphatic carbocycles. The fraction of sp³-hybridized carbons (Fsp3) is 0.440. The topological polar surface area (TPSA) is 67.9 Å². The minimum absolute atomic E-state index is 0.0917. The van der Waals surface area contributed by atoms with Crippen molar-refractivity contribution in [3.8, 4) is 0 Å². The van der Waals surface area contributed by atoms with E-state index in [2.05, 4.69) is 5.32 Å². The first-order valence-electron chi connectivity index (χ1n) is 10.4. The van der Waals surface area contributed by atoms with Crippen LogP contribution in [0.3, 0.4) is 0 Å². The molecule has 2 rings (SSSR count). The first-order valence-corrected chi connectivity index (χ1v) is 10.4. The molecule has 0 unspecified atom stereocenters. The molecule has 0 bridgehead atoms. The fourth-order valence-electron chi connectivity index (χ4n) is 3.01. The number of carbonyl (C=O) groups is 2. The predicted molar refractivity (Wildman–Crippen MR) is 125 cm³/mol. The summed E-state index contributed by atoms with van der Waals surface area (Å²) in [6.45, 7) is 7.48. The van der Waals surface area contributed by atoms with Gasteiger partial charge in [0, 0.05) is 44.5 Å². The van der Waals surface area contributed by atoms with E-state index in [0.29, 0.717) is 17.5 Å². The van der Waals surface area contributed by atoms with Crippen LogP contribution in [0.25, 0.3) is 0 Å². The molecule has 0 heterocycles. The molecule has 0 amide bonds. The first kappa shape index (κ1) is 24.4. The maximum absolute atomic E-state index is 12.8. The quantitative estimate of drug-likeness (QED) is 0.435. The number of nitrogens with zero attached hydrogens (tertiary/aromatic N) is 1. The number of Topliss-reactive ketones (excluding diaryl/α,β-unsaturated/α-hetero) is 1. The summed E-state index contributed by atoms with van der Waals surface area (Å²) in [6.07, 6.45) is 0.462. The Morgan fingerprint density at radius 3 is 1.97 bits per heavy atom. The maximum atomic E-state index is 12.8. The number of ketones is 1. The van der Waals surface area contributed by atoms with E-state index in [1.54, 1.807) is 38.1 Å². The average Bonchev–Trinajstić information content (AvgIpc) is 2.72. The molecule has 0 fully saturated rings. The van der Waals surface area contributed by atoms with Crippen molar-refractivity contribution >= 4 is 23.1 Å². The second kappa shape index (κ2) is 9.96. The van der Waals surface area contributed by atoms with Crippen LogP contribution in [0.4, 0.5) is 11.4 Å². The summed E-state index contributed by atoms with van der Waals surface area (Å²) in [7, 11) is 5.72. The van der Waals surface area contributed by atoms with E-state index in [1.807, 2.05) is 64.2 Å². The number of benzene rings is 2. The highest BCUT2D eigenvalue weighted by Crippen LogP contribution is 2.23. The Labute approximate surface area is 185 Å². The Hall–Kier alpha value is -2.86. The summed E-state index contributed by atoms with van der Waals surface area (Å²) in [4.78, 5) is 27.3. The highest BCUT2D eigenvalue weighted by atomic mass is 16.6. The van der Waals surface area contributed by atoms with Crippen molar-refractivity contribution in [3.63, 3.8) is 0 Å². The van der Waals surface area contributed by atoms with Crippen LogP contribution in [0.15, 0.2) is 48.5 Å². The summed E-state index contributed by atoms with van der Waals surface area (Å²) < 4.78 is 11.6. The van der Waals surface area contributed by atoms with Gasteiger partial charge in [-0.05, 0) is 76.2 Å². The molecule has 6 heteroatoms. The van der Waals surface area contributed by atoms with E-state index in [-0.39, 0.29) is 18.4 Å². The number of esters is 1. The lowest BCUT2D eigenvalue weighted by Crippen LogP contribution is -2.37. The molecule has 0 aliphatic rings. The number of carbonyl (C=O) groups excluding carboxylic acids is 2. The van der Waals surface area contributed by atoms with Crippen molar-refractivity contribution in [2.24, 2.45) is 0 Å². The van der Waals surface area contributed by atoms with Crippen LogP contribution >= 0.6 is 0 Å². The Kier molecular flexibility index (Phi) is 7.85. The fourth-order valence-corrected chi connectivity index (χ4v) is 3.01. The zero-order chi connectivity index (χ0) is 23.2. The van der Waals surface area contributed by atoms with Gasteiger partial charge < -0.3 is 19.7 Å². The van der Waals surface area contributed by atoms with Crippen LogP contribution < -0.4 is 10.2 Å². The van der Waals surface area contributed by atoms with Gasteiger partial charge in [-0.15, -0.1) is 0 Å². The molecule has 31 heavy (non-hydrogen) atoms. The summed E-state index contributed by atoms with van der Waals surface area (Å²) >= 11 is 0. The molecule has 0 spiro atoms. The van der Waals surface area contributed by atoms with Crippen molar-refractivity contribution in [1.29, 1.82) is 0 Å². The zero-order valence-electron chi connectivity index (χ0n) is 19.6. The maximum Gasteiger partial charge on any atom is 0.338 e. The van der Waals surface area contributed by atoms with Crippen LogP contribution in [-0.4, -0.2) is 50.7 Å². The van der Waals surface area contributed by atoms with Crippen molar-refractivity contribution in [2.45, 2.75) is 45.3 Å². The molecule has 168 valence electrons. The third-order valence-electron chi connectivity index (χ3n) is 5.14. The van der Waals surface area contributed by atoms with Gasteiger partial charge in [0.25, 0.3) is 0 Å². The highest BCUT2D eigenvalue weighted by Gasteiger charge is 2.31. The SMILES string of the molecule is CNc1ccc(C(=O)C(C)(C)OCCC(C)(C)OC(=O)c2ccc(N(C)C)cc2)cc1. The van der Waals surface area contributed by atoms with Gasteiger partial charge in [-0.3, -0.25) is 4.79 Å². The summed E-state index contributed by atoms with van der Waals surface area (Å²) in [5.74, 6) is -0.471.